The summed E-state index contributed by atoms with van der Waals surface area (Å²) in [5.41, 5.74) is 6.09. The Labute approximate surface area is 314 Å². The second-order valence-corrected chi connectivity index (χ2v) is 14.0. The fourth-order valence-corrected chi connectivity index (χ4v) is 5.71. The van der Waals surface area contributed by atoms with Crippen molar-refractivity contribution in [3.63, 3.8) is 0 Å². The number of aliphatic hydroxyl groups excluding tert-OH is 1. The molecule has 8 atom stereocenters. The molecule has 54 heavy (non-hydrogen) atoms. The number of nitrogens with two attached hydrogens (primary N) is 1. The van der Waals surface area contributed by atoms with Crippen LogP contribution in [0.3, 0.4) is 0 Å². The zero-order valence-corrected chi connectivity index (χ0v) is 31.5. The zero-order chi connectivity index (χ0) is 40.5. The van der Waals surface area contributed by atoms with Crippen molar-refractivity contribution in [2.75, 3.05) is 13.2 Å². The maximum atomic E-state index is 13.6. The molecule has 0 saturated carbocycles. The van der Waals surface area contributed by atoms with Gasteiger partial charge in [-0.1, -0.05) is 64.4 Å². The van der Waals surface area contributed by atoms with Crippen LogP contribution >= 0.6 is 0 Å². The molecule has 1 aliphatic rings. The second kappa shape index (κ2) is 22.2. The van der Waals surface area contributed by atoms with Crippen LogP contribution in [0, 0.1) is 11.8 Å². The number of amides is 7. The van der Waals surface area contributed by atoms with E-state index in [-0.39, 0.29) is 24.7 Å². The summed E-state index contributed by atoms with van der Waals surface area (Å²) in [5.74, 6) is -7.54. The smallest absolute Gasteiger partial charge is 0.326 e. The van der Waals surface area contributed by atoms with E-state index in [9.17, 15) is 48.6 Å². The molecule has 0 bridgehead atoms. The van der Waals surface area contributed by atoms with Crippen LogP contribution in [0.2, 0.25) is 0 Å². The Hall–Kier alpha value is -5.10. The molecule has 7 amide bonds. The molecule has 1 aliphatic heterocycles. The van der Waals surface area contributed by atoms with Crippen LogP contribution in [0.15, 0.2) is 30.3 Å². The molecule has 0 aliphatic carbocycles. The first-order valence-electron chi connectivity index (χ1n) is 18.2. The highest BCUT2D eigenvalue weighted by molar-refractivity contribution is 5.98. The van der Waals surface area contributed by atoms with E-state index in [0.29, 0.717) is 24.9 Å². The molecule has 1 saturated heterocycles. The minimum atomic E-state index is -1.66. The Bertz CT molecular complexity index is 1470. The zero-order valence-electron chi connectivity index (χ0n) is 31.5. The predicted octanol–water partition coefficient (Wildman–Crippen LogP) is -2.05. The summed E-state index contributed by atoms with van der Waals surface area (Å²) in [6, 6.07) is 0.234. The third kappa shape index (κ3) is 14.7. The summed E-state index contributed by atoms with van der Waals surface area (Å²) < 4.78 is 0. The molecule has 11 N–H and O–H groups in total. The lowest BCUT2D eigenvalue weighted by Gasteiger charge is -2.27. The lowest BCUT2D eigenvalue weighted by Crippen LogP contribution is -2.61. The van der Waals surface area contributed by atoms with Gasteiger partial charge in [0.25, 0.3) is 0 Å². The molecule has 18 nitrogen and oxygen atoms in total. The van der Waals surface area contributed by atoms with E-state index in [1.807, 2.05) is 0 Å². The van der Waals surface area contributed by atoms with Crippen LogP contribution in [-0.2, 0) is 44.8 Å². The molecule has 1 aromatic rings. The highest BCUT2D eigenvalue weighted by Gasteiger charge is 2.34. The number of carboxylic acid groups (broad SMARTS) is 1. The number of carboxylic acids is 1. The van der Waals surface area contributed by atoms with Gasteiger partial charge in [-0.3, -0.25) is 33.6 Å². The van der Waals surface area contributed by atoms with Gasteiger partial charge in [0.15, 0.2) is 0 Å². The van der Waals surface area contributed by atoms with Crippen molar-refractivity contribution in [1.82, 2.24) is 37.2 Å². The number of nitrogens with one attached hydrogen (secondary N) is 7. The monoisotopic (exact) mass is 760 g/mol. The number of primary amides is 1. The predicted molar refractivity (Wildman–Crippen MR) is 196 cm³/mol. The topological polar surface area (TPSA) is 287 Å². The Kier molecular flexibility index (Phi) is 18.5. The van der Waals surface area contributed by atoms with Gasteiger partial charge in [0, 0.05) is 6.42 Å². The standard InChI is InChI=1S/C36H56N8O10/c1-6-20(4)29(36(53)54)44-30(47)21(5)39-32(49)24(15-19(2)3)40-35(52)27(18-45)43-34(51)26(17-28(37)46)42-33(50)25(16-22-11-8-7-9-12-22)41-31(48)23-13-10-14-38-23/h7-9,11-12,19-21,23-27,29,38,45H,6,10,13-18H2,1-5H3,(H2,37,46)(H,39,49)(H,40,52)(H,41,48)(H,42,50)(H,43,51)(H,44,47)(H,53,54)/t20-,21-,23-,24-,25-,26-,27-,29-/m0/s1. The lowest BCUT2D eigenvalue weighted by atomic mass is 9.99. The van der Waals surface area contributed by atoms with Crippen LogP contribution in [-0.4, -0.2) is 113 Å². The molecule has 0 spiro atoms. The van der Waals surface area contributed by atoms with Crippen molar-refractivity contribution >= 4 is 47.3 Å². The van der Waals surface area contributed by atoms with E-state index in [4.69, 9.17) is 5.73 Å². The van der Waals surface area contributed by atoms with E-state index in [2.05, 4.69) is 37.2 Å². The summed E-state index contributed by atoms with van der Waals surface area (Å²) in [4.78, 5) is 103. The van der Waals surface area contributed by atoms with Gasteiger partial charge in [0.1, 0.15) is 36.3 Å². The molecular formula is C36H56N8O10. The highest BCUT2D eigenvalue weighted by atomic mass is 16.4. The Balaban J connectivity index is 2.18. The summed E-state index contributed by atoms with van der Waals surface area (Å²) in [6.07, 6.45) is 1.27. The number of aliphatic carboxylic acids is 1. The van der Waals surface area contributed by atoms with Crippen molar-refractivity contribution in [2.24, 2.45) is 17.6 Å². The normalized spacial score (nSPS) is 17.7. The number of carbonyl (C=O) groups is 8. The number of hydrogen-bond acceptors (Lipinski definition) is 10. The molecule has 1 aromatic carbocycles. The van der Waals surface area contributed by atoms with Crippen LogP contribution in [0.1, 0.15) is 72.3 Å². The average Bonchev–Trinajstić information content (AvgIpc) is 3.67. The van der Waals surface area contributed by atoms with Crippen LogP contribution in [0.25, 0.3) is 0 Å². The van der Waals surface area contributed by atoms with Crippen molar-refractivity contribution in [1.29, 1.82) is 0 Å². The van der Waals surface area contributed by atoms with Crippen molar-refractivity contribution < 1.29 is 48.6 Å². The Morgan fingerprint density at radius 2 is 1.35 bits per heavy atom. The number of hydrogen-bond donors (Lipinski definition) is 10. The van der Waals surface area contributed by atoms with Gasteiger partial charge in [0.2, 0.25) is 41.4 Å². The van der Waals surface area contributed by atoms with E-state index in [0.717, 1.165) is 6.42 Å². The van der Waals surface area contributed by atoms with Crippen LogP contribution in [0.5, 0.6) is 0 Å². The van der Waals surface area contributed by atoms with E-state index >= 15 is 0 Å². The third-order valence-electron chi connectivity index (χ3n) is 9.02. The van der Waals surface area contributed by atoms with Crippen LogP contribution < -0.4 is 43.0 Å². The molecule has 1 fully saturated rings. The van der Waals surface area contributed by atoms with Gasteiger partial charge in [-0.15, -0.1) is 0 Å². The largest absolute Gasteiger partial charge is 0.480 e. The second-order valence-electron chi connectivity index (χ2n) is 14.0. The van der Waals surface area contributed by atoms with E-state index in [1.54, 1.807) is 58.0 Å². The highest BCUT2D eigenvalue weighted by Crippen LogP contribution is 2.11. The fourth-order valence-electron chi connectivity index (χ4n) is 5.71. The van der Waals surface area contributed by atoms with Crippen molar-refractivity contribution in [2.45, 2.75) is 115 Å². The first kappa shape index (κ1) is 45.1. The maximum absolute atomic E-state index is 13.6. The third-order valence-corrected chi connectivity index (χ3v) is 9.02. The van der Waals surface area contributed by atoms with Gasteiger partial charge in [-0.2, -0.15) is 0 Å². The summed E-state index contributed by atoms with van der Waals surface area (Å²) >= 11 is 0. The van der Waals surface area contributed by atoms with Gasteiger partial charge in [0.05, 0.1) is 19.1 Å². The summed E-state index contributed by atoms with van der Waals surface area (Å²) in [7, 11) is 0. The number of rotatable bonds is 22. The fraction of sp³-hybridized carbons (Fsp3) is 0.611. The van der Waals surface area contributed by atoms with Gasteiger partial charge in [-0.25, -0.2) is 4.79 Å². The number of carbonyl (C=O) groups excluding carboxylic acids is 7. The minimum absolute atomic E-state index is 0.0509. The molecule has 0 radical (unpaired) electrons. The quantitative estimate of drug-likeness (QED) is 0.0614. The summed E-state index contributed by atoms with van der Waals surface area (Å²) in [5, 5.41) is 37.4. The molecule has 1 heterocycles. The van der Waals surface area contributed by atoms with Gasteiger partial charge < -0.3 is 53.2 Å². The lowest BCUT2D eigenvalue weighted by molar-refractivity contribution is -0.143. The molecule has 18 heteroatoms. The first-order valence-corrected chi connectivity index (χ1v) is 18.2. The van der Waals surface area contributed by atoms with Crippen LogP contribution in [0.4, 0.5) is 0 Å². The minimum Gasteiger partial charge on any atom is -0.480 e. The Morgan fingerprint density at radius 1 is 0.778 bits per heavy atom. The molecule has 300 valence electrons. The molecule has 0 unspecified atom stereocenters. The number of aliphatic hydroxyl groups is 1. The average molecular weight is 761 g/mol. The SMILES string of the molecule is CC[C@H](C)[C@H](NC(=O)[C@H](C)NC(=O)[C@H](CC(C)C)NC(=O)[C@H](CO)NC(=O)[C@H](CC(N)=O)NC(=O)[C@H](Cc1ccccc1)NC(=O)[C@@H]1CCCN1)C(=O)O. The van der Waals surface area contributed by atoms with Crippen molar-refractivity contribution in [3.8, 4) is 0 Å². The molecular weight excluding hydrogens is 704 g/mol. The van der Waals surface area contributed by atoms with Crippen molar-refractivity contribution in [3.05, 3.63) is 35.9 Å². The number of benzene rings is 1. The first-order chi connectivity index (χ1) is 25.5. The summed E-state index contributed by atoms with van der Waals surface area (Å²) in [6.45, 7) is 8.01. The molecule has 0 aromatic heterocycles. The Morgan fingerprint density at radius 3 is 1.89 bits per heavy atom. The van der Waals surface area contributed by atoms with Gasteiger partial charge >= 0.3 is 5.97 Å². The van der Waals surface area contributed by atoms with E-state index in [1.165, 1.54) is 6.92 Å². The molecule has 2 rings (SSSR count). The van der Waals surface area contributed by atoms with E-state index < -0.39 is 103 Å². The van der Waals surface area contributed by atoms with Gasteiger partial charge in [-0.05, 0) is 50.1 Å². The maximum Gasteiger partial charge on any atom is 0.326 e.